The first-order valence-corrected chi connectivity index (χ1v) is 11.5. The second-order valence-corrected chi connectivity index (χ2v) is 8.17. The molecule has 0 saturated heterocycles. The SMILES string of the molecule is CCOC(=O)C1=C(C)NC(C)=C(C(=O)OCC)C1c1ccc(OCC(=O)n2nc(C)cc2C)cc1. The van der Waals surface area contributed by atoms with E-state index < -0.39 is 17.9 Å². The van der Waals surface area contributed by atoms with E-state index in [1.54, 1.807) is 58.9 Å². The van der Waals surface area contributed by atoms with Crippen molar-refractivity contribution in [3.8, 4) is 5.75 Å². The number of aryl methyl sites for hydroxylation is 2. The van der Waals surface area contributed by atoms with Gasteiger partial charge in [0.2, 0.25) is 0 Å². The van der Waals surface area contributed by atoms with Crippen LogP contribution < -0.4 is 10.1 Å². The highest BCUT2D eigenvalue weighted by Gasteiger charge is 2.37. The Bertz CT molecular complexity index is 1150. The fourth-order valence-electron chi connectivity index (χ4n) is 4.13. The minimum atomic E-state index is -0.681. The predicted octanol–water partition coefficient (Wildman–Crippen LogP) is 3.58. The van der Waals surface area contributed by atoms with Crippen molar-refractivity contribution in [2.24, 2.45) is 0 Å². The maximum Gasteiger partial charge on any atom is 0.336 e. The lowest BCUT2D eigenvalue weighted by molar-refractivity contribution is -0.139. The van der Waals surface area contributed by atoms with Gasteiger partial charge in [0.1, 0.15) is 5.75 Å². The largest absolute Gasteiger partial charge is 0.484 e. The fraction of sp³-hybridized carbons (Fsp3) is 0.385. The molecule has 0 radical (unpaired) electrons. The minimum Gasteiger partial charge on any atom is -0.484 e. The van der Waals surface area contributed by atoms with Gasteiger partial charge in [-0.15, -0.1) is 0 Å². The van der Waals surface area contributed by atoms with Crippen molar-refractivity contribution in [1.29, 1.82) is 0 Å². The number of ether oxygens (including phenoxy) is 3. The maximum atomic E-state index is 12.9. The van der Waals surface area contributed by atoms with Gasteiger partial charge in [-0.1, -0.05) is 12.1 Å². The van der Waals surface area contributed by atoms with E-state index in [1.807, 2.05) is 13.0 Å². The van der Waals surface area contributed by atoms with Crippen molar-refractivity contribution in [2.45, 2.75) is 47.5 Å². The molecule has 3 rings (SSSR count). The Kier molecular flexibility index (Phi) is 8.11. The molecule has 9 nitrogen and oxygen atoms in total. The molecule has 0 unspecified atom stereocenters. The van der Waals surface area contributed by atoms with Crippen LogP contribution in [0, 0.1) is 13.8 Å². The zero-order valence-corrected chi connectivity index (χ0v) is 20.9. The van der Waals surface area contributed by atoms with E-state index in [0.29, 0.717) is 33.9 Å². The van der Waals surface area contributed by atoms with Gasteiger partial charge in [0.25, 0.3) is 5.91 Å². The number of nitrogens with one attached hydrogen (secondary N) is 1. The summed E-state index contributed by atoms with van der Waals surface area (Å²) in [7, 11) is 0. The van der Waals surface area contributed by atoms with Crippen molar-refractivity contribution in [1.82, 2.24) is 15.1 Å². The number of allylic oxidation sites excluding steroid dienone is 2. The van der Waals surface area contributed by atoms with Gasteiger partial charge in [-0.2, -0.15) is 5.10 Å². The summed E-state index contributed by atoms with van der Waals surface area (Å²) in [6.45, 7) is 10.8. The molecule has 0 aliphatic carbocycles. The van der Waals surface area contributed by atoms with Gasteiger partial charge >= 0.3 is 11.9 Å². The van der Waals surface area contributed by atoms with E-state index in [-0.39, 0.29) is 25.7 Å². The van der Waals surface area contributed by atoms with Gasteiger partial charge in [0, 0.05) is 17.1 Å². The first-order chi connectivity index (χ1) is 16.7. The van der Waals surface area contributed by atoms with Gasteiger partial charge in [-0.25, -0.2) is 14.3 Å². The molecule has 1 aliphatic rings. The molecule has 0 bridgehead atoms. The molecule has 0 saturated carbocycles. The third-order valence-corrected chi connectivity index (χ3v) is 5.57. The van der Waals surface area contributed by atoms with Gasteiger partial charge in [-0.05, 0) is 65.3 Å². The standard InChI is InChI=1S/C26H31N3O6/c1-7-33-25(31)22-17(5)27-18(6)23(26(32)34-8-2)24(22)19-9-11-20(12-10-19)35-14-21(30)29-16(4)13-15(3)28-29/h9-13,24,27H,7-8,14H2,1-6H3. The monoisotopic (exact) mass is 481 g/mol. The summed E-state index contributed by atoms with van der Waals surface area (Å²) >= 11 is 0. The molecule has 0 amide bonds. The highest BCUT2D eigenvalue weighted by molar-refractivity contribution is 5.99. The Balaban J connectivity index is 1.89. The lowest BCUT2D eigenvalue weighted by Gasteiger charge is -2.30. The Morgan fingerprint density at radius 2 is 1.46 bits per heavy atom. The molecule has 0 spiro atoms. The summed E-state index contributed by atoms with van der Waals surface area (Å²) in [5.41, 5.74) is 4.07. The summed E-state index contributed by atoms with van der Waals surface area (Å²) in [6, 6.07) is 8.74. The smallest absolute Gasteiger partial charge is 0.336 e. The number of carbonyl (C=O) groups is 3. The number of aromatic nitrogens is 2. The van der Waals surface area contributed by atoms with Crippen LogP contribution in [0.2, 0.25) is 0 Å². The van der Waals surface area contributed by atoms with E-state index in [9.17, 15) is 14.4 Å². The van der Waals surface area contributed by atoms with Crippen LogP contribution >= 0.6 is 0 Å². The van der Waals surface area contributed by atoms with E-state index in [0.717, 1.165) is 11.4 Å². The highest BCUT2D eigenvalue weighted by atomic mass is 16.5. The quantitative estimate of drug-likeness (QED) is 0.570. The molecule has 1 aliphatic heterocycles. The topological polar surface area (TPSA) is 109 Å². The summed E-state index contributed by atoms with van der Waals surface area (Å²) in [6.07, 6.45) is 0. The first-order valence-electron chi connectivity index (χ1n) is 11.5. The molecule has 0 atom stereocenters. The Labute approximate surface area is 204 Å². The van der Waals surface area contributed by atoms with Crippen LogP contribution in [0.4, 0.5) is 0 Å². The fourth-order valence-corrected chi connectivity index (χ4v) is 4.13. The van der Waals surface area contributed by atoms with E-state index >= 15 is 0 Å². The number of benzene rings is 1. The van der Waals surface area contributed by atoms with Crippen molar-refractivity contribution in [3.63, 3.8) is 0 Å². The van der Waals surface area contributed by atoms with Crippen LogP contribution in [0.3, 0.4) is 0 Å². The molecular weight excluding hydrogens is 450 g/mol. The average Bonchev–Trinajstić information content (AvgIpc) is 3.15. The summed E-state index contributed by atoms with van der Waals surface area (Å²) in [5.74, 6) is -1.52. The Morgan fingerprint density at radius 3 is 1.91 bits per heavy atom. The first kappa shape index (κ1) is 25.7. The second kappa shape index (κ2) is 11.0. The number of nitrogens with zero attached hydrogens (tertiary/aromatic N) is 2. The number of rotatable bonds is 8. The molecule has 1 aromatic heterocycles. The third-order valence-electron chi connectivity index (χ3n) is 5.57. The van der Waals surface area contributed by atoms with Crippen molar-refractivity contribution >= 4 is 17.8 Å². The minimum absolute atomic E-state index is 0.186. The number of hydrogen-bond donors (Lipinski definition) is 1. The molecule has 0 fully saturated rings. The normalized spacial score (nSPS) is 14.0. The van der Waals surface area contributed by atoms with E-state index in [1.165, 1.54) is 4.68 Å². The van der Waals surface area contributed by atoms with Crippen LogP contribution in [0.25, 0.3) is 0 Å². The Morgan fingerprint density at radius 1 is 0.914 bits per heavy atom. The van der Waals surface area contributed by atoms with Crippen LogP contribution in [-0.2, 0) is 19.1 Å². The van der Waals surface area contributed by atoms with Crippen LogP contribution in [0.15, 0.2) is 52.9 Å². The van der Waals surface area contributed by atoms with Gasteiger partial charge in [0.05, 0.1) is 36.0 Å². The molecule has 1 aromatic carbocycles. The van der Waals surface area contributed by atoms with Gasteiger partial charge in [-0.3, -0.25) is 4.79 Å². The average molecular weight is 482 g/mol. The molecular formula is C26H31N3O6. The molecule has 35 heavy (non-hydrogen) atoms. The molecule has 2 aromatic rings. The van der Waals surface area contributed by atoms with Crippen LogP contribution in [-0.4, -0.2) is 47.4 Å². The van der Waals surface area contributed by atoms with Crippen molar-refractivity contribution in [3.05, 3.63) is 69.8 Å². The third kappa shape index (κ3) is 5.62. The second-order valence-electron chi connectivity index (χ2n) is 8.17. The molecule has 1 N–H and O–H groups in total. The zero-order valence-electron chi connectivity index (χ0n) is 20.9. The number of dihydropyridines is 1. The van der Waals surface area contributed by atoms with Crippen LogP contribution in [0.1, 0.15) is 55.4 Å². The van der Waals surface area contributed by atoms with E-state index in [4.69, 9.17) is 14.2 Å². The molecule has 186 valence electrons. The predicted molar refractivity (Wildman–Crippen MR) is 129 cm³/mol. The summed E-state index contributed by atoms with van der Waals surface area (Å²) in [5, 5.41) is 7.29. The Hall–Kier alpha value is -3.88. The van der Waals surface area contributed by atoms with Gasteiger partial charge < -0.3 is 19.5 Å². The molecule has 2 heterocycles. The van der Waals surface area contributed by atoms with Crippen molar-refractivity contribution in [2.75, 3.05) is 19.8 Å². The van der Waals surface area contributed by atoms with Crippen LogP contribution in [0.5, 0.6) is 5.75 Å². The molecule has 9 heteroatoms. The summed E-state index contributed by atoms with van der Waals surface area (Å²) < 4.78 is 17.6. The summed E-state index contributed by atoms with van der Waals surface area (Å²) in [4.78, 5) is 38.2. The van der Waals surface area contributed by atoms with Gasteiger partial charge in [0.15, 0.2) is 6.61 Å². The lowest BCUT2D eigenvalue weighted by Crippen LogP contribution is -2.32. The maximum absolute atomic E-state index is 12.9. The number of hydrogen-bond acceptors (Lipinski definition) is 8. The van der Waals surface area contributed by atoms with E-state index in [2.05, 4.69) is 10.4 Å². The highest BCUT2D eigenvalue weighted by Crippen LogP contribution is 2.39. The number of carbonyl (C=O) groups excluding carboxylic acids is 3. The lowest BCUT2D eigenvalue weighted by atomic mass is 9.80. The van der Waals surface area contributed by atoms with Crippen molar-refractivity contribution < 1.29 is 28.6 Å². The number of esters is 2. The zero-order chi connectivity index (χ0) is 25.7.